The van der Waals surface area contributed by atoms with E-state index in [1.807, 2.05) is 11.6 Å². The molecule has 2 heterocycles. The number of fused-ring (bicyclic) bond motifs is 1. The van der Waals surface area contributed by atoms with Gasteiger partial charge in [0.2, 0.25) is 4.96 Å². The van der Waals surface area contributed by atoms with Gasteiger partial charge in [0.1, 0.15) is 5.01 Å². The molecule has 2 aromatic rings. The first-order chi connectivity index (χ1) is 9.33. The minimum absolute atomic E-state index is 0.325. The molecule has 1 unspecified atom stereocenters. The van der Waals surface area contributed by atoms with Crippen molar-refractivity contribution >= 4 is 16.3 Å². The molecule has 1 fully saturated rings. The van der Waals surface area contributed by atoms with E-state index in [4.69, 9.17) is 5.10 Å². The summed E-state index contributed by atoms with van der Waals surface area (Å²) in [6.07, 6.45) is 7.49. The van der Waals surface area contributed by atoms with Crippen LogP contribution in [-0.2, 0) is 0 Å². The lowest BCUT2D eigenvalue weighted by molar-refractivity contribution is 0.422. The van der Waals surface area contributed by atoms with Crippen molar-refractivity contribution in [1.29, 1.82) is 0 Å². The monoisotopic (exact) mass is 279 g/mol. The average Bonchev–Trinajstić information content (AvgIpc) is 3.01. The quantitative estimate of drug-likeness (QED) is 0.935. The van der Waals surface area contributed by atoms with Gasteiger partial charge in [-0.05, 0) is 26.3 Å². The van der Waals surface area contributed by atoms with Crippen LogP contribution in [0.15, 0.2) is 0 Å². The second kappa shape index (κ2) is 5.54. The van der Waals surface area contributed by atoms with Crippen molar-refractivity contribution in [3.05, 3.63) is 10.8 Å². The molecule has 1 saturated carbocycles. The van der Waals surface area contributed by atoms with Gasteiger partial charge >= 0.3 is 0 Å². The maximum atomic E-state index is 4.74. The fraction of sp³-hybridized carbons (Fsp3) is 0.769. The molecule has 0 saturated heterocycles. The third-order valence-electron chi connectivity index (χ3n) is 4.06. The molecule has 0 aromatic carbocycles. The van der Waals surface area contributed by atoms with Crippen LogP contribution in [-0.4, -0.2) is 26.9 Å². The highest BCUT2D eigenvalue weighted by molar-refractivity contribution is 7.16. The smallest absolute Gasteiger partial charge is 0.234 e. The van der Waals surface area contributed by atoms with E-state index in [1.165, 1.54) is 32.1 Å². The van der Waals surface area contributed by atoms with E-state index in [9.17, 15) is 0 Å². The highest BCUT2D eigenvalue weighted by atomic mass is 32.1. The first kappa shape index (κ1) is 13.0. The average molecular weight is 279 g/mol. The predicted octanol–water partition coefficient (Wildman–Crippen LogP) is 2.90. The van der Waals surface area contributed by atoms with Crippen molar-refractivity contribution in [1.82, 2.24) is 25.1 Å². The van der Waals surface area contributed by atoms with Crippen LogP contribution >= 0.6 is 11.3 Å². The molecule has 0 bridgehead atoms. The summed E-state index contributed by atoms with van der Waals surface area (Å²) in [7, 11) is 1.98. The summed E-state index contributed by atoms with van der Waals surface area (Å²) in [5.41, 5.74) is 0. The number of aromatic nitrogens is 4. The molecule has 0 aliphatic heterocycles. The Morgan fingerprint density at radius 2 is 2.11 bits per heavy atom. The van der Waals surface area contributed by atoms with Crippen molar-refractivity contribution in [3.8, 4) is 0 Å². The van der Waals surface area contributed by atoms with Crippen LogP contribution < -0.4 is 5.32 Å². The fourth-order valence-corrected chi connectivity index (χ4v) is 3.94. The van der Waals surface area contributed by atoms with Gasteiger partial charge < -0.3 is 5.32 Å². The molecule has 6 heteroatoms. The normalized spacial score (nSPS) is 19.1. The molecule has 104 valence electrons. The molecule has 1 N–H and O–H groups in total. The first-order valence-corrected chi connectivity index (χ1v) is 8.04. The highest BCUT2D eigenvalue weighted by Crippen LogP contribution is 2.33. The minimum Gasteiger partial charge on any atom is -0.311 e. The molecule has 0 spiro atoms. The zero-order chi connectivity index (χ0) is 13.2. The maximum Gasteiger partial charge on any atom is 0.234 e. The largest absolute Gasteiger partial charge is 0.311 e. The molecule has 19 heavy (non-hydrogen) atoms. The first-order valence-electron chi connectivity index (χ1n) is 7.22. The number of hydrogen-bond donors (Lipinski definition) is 1. The Kier molecular flexibility index (Phi) is 3.79. The number of rotatable bonds is 4. The van der Waals surface area contributed by atoms with E-state index in [0.29, 0.717) is 12.0 Å². The summed E-state index contributed by atoms with van der Waals surface area (Å²) in [6, 6.07) is 0.325. The molecular weight excluding hydrogens is 258 g/mol. The maximum absolute atomic E-state index is 4.74. The van der Waals surface area contributed by atoms with Gasteiger partial charge in [-0.2, -0.15) is 9.61 Å². The summed E-state index contributed by atoms with van der Waals surface area (Å²) in [4.78, 5) is 0.935. The van der Waals surface area contributed by atoms with Crippen LogP contribution in [0.2, 0.25) is 0 Å². The third-order valence-corrected chi connectivity index (χ3v) is 5.07. The summed E-state index contributed by atoms with van der Waals surface area (Å²) < 4.78 is 1.98. The van der Waals surface area contributed by atoms with Crippen LogP contribution in [0, 0.1) is 0 Å². The molecule has 5 nitrogen and oxygen atoms in total. The van der Waals surface area contributed by atoms with Gasteiger partial charge in [-0.1, -0.05) is 37.5 Å². The van der Waals surface area contributed by atoms with Crippen LogP contribution in [0.5, 0.6) is 0 Å². The number of nitrogens with one attached hydrogen (secondary N) is 1. The van der Waals surface area contributed by atoms with Crippen LogP contribution in [0.1, 0.15) is 68.2 Å². The fourth-order valence-electron chi connectivity index (χ4n) is 2.91. The highest BCUT2D eigenvalue weighted by Gasteiger charge is 2.23. The molecule has 1 aliphatic rings. The van der Waals surface area contributed by atoms with Crippen LogP contribution in [0.3, 0.4) is 0 Å². The number of hydrogen-bond acceptors (Lipinski definition) is 5. The predicted molar refractivity (Wildman–Crippen MR) is 76.6 cm³/mol. The minimum atomic E-state index is 0.325. The molecule has 3 rings (SSSR count). The van der Waals surface area contributed by atoms with E-state index >= 15 is 0 Å². The summed E-state index contributed by atoms with van der Waals surface area (Å²) in [6.45, 7) is 2.17. The van der Waals surface area contributed by atoms with Gasteiger partial charge in [-0.15, -0.1) is 10.2 Å². The van der Waals surface area contributed by atoms with E-state index in [0.717, 1.165) is 22.2 Å². The number of nitrogens with zero attached hydrogens (tertiary/aromatic N) is 4. The Morgan fingerprint density at radius 1 is 1.32 bits per heavy atom. The summed E-state index contributed by atoms with van der Waals surface area (Å²) in [5.74, 6) is 1.62. The molecule has 2 aromatic heterocycles. The summed E-state index contributed by atoms with van der Waals surface area (Å²) >= 11 is 1.66. The van der Waals surface area contributed by atoms with Gasteiger partial charge in [0.15, 0.2) is 5.82 Å². The summed E-state index contributed by atoms with van der Waals surface area (Å²) in [5, 5.41) is 17.8. The molecule has 1 aliphatic carbocycles. The molecule has 0 amide bonds. The van der Waals surface area contributed by atoms with Gasteiger partial charge in [0.05, 0.1) is 6.04 Å². The van der Waals surface area contributed by atoms with Crippen molar-refractivity contribution in [2.24, 2.45) is 0 Å². The molecule has 1 atom stereocenters. The lowest BCUT2D eigenvalue weighted by Crippen LogP contribution is -2.16. The van der Waals surface area contributed by atoms with Gasteiger partial charge in [-0.25, -0.2) is 0 Å². The van der Waals surface area contributed by atoms with Crippen molar-refractivity contribution in [2.45, 2.75) is 57.4 Å². The van der Waals surface area contributed by atoms with E-state index in [-0.39, 0.29) is 0 Å². The SMILES string of the molecule is CCC(NC)c1nn2c(C3CCCCC3)nnc2s1. The Morgan fingerprint density at radius 3 is 2.79 bits per heavy atom. The Bertz CT molecular complexity index is 536. The lowest BCUT2D eigenvalue weighted by atomic mass is 9.89. The zero-order valence-electron chi connectivity index (χ0n) is 11.6. The molecular formula is C13H21N5S. The van der Waals surface area contributed by atoms with Crippen molar-refractivity contribution in [3.63, 3.8) is 0 Å². The lowest BCUT2D eigenvalue weighted by Gasteiger charge is -2.18. The third kappa shape index (κ3) is 2.39. The topological polar surface area (TPSA) is 55.1 Å². The van der Waals surface area contributed by atoms with Gasteiger partial charge in [-0.3, -0.25) is 0 Å². The van der Waals surface area contributed by atoms with Gasteiger partial charge in [0, 0.05) is 5.92 Å². The van der Waals surface area contributed by atoms with E-state index in [1.54, 1.807) is 11.3 Å². The standard InChI is InChI=1S/C13H21N5S/c1-3-10(14-2)12-17-18-11(15-16-13(18)19-12)9-7-5-4-6-8-9/h9-10,14H,3-8H2,1-2H3. The molecule has 0 radical (unpaired) electrons. The Balaban J connectivity index is 1.93. The Hall–Kier alpha value is -1.01. The second-order valence-corrected chi connectivity index (χ2v) is 6.26. The van der Waals surface area contributed by atoms with E-state index in [2.05, 4.69) is 22.4 Å². The van der Waals surface area contributed by atoms with Crippen LogP contribution in [0.4, 0.5) is 0 Å². The van der Waals surface area contributed by atoms with E-state index < -0.39 is 0 Å². The van der Waals surface area contributed by atoms with Gasteiger partial charge in [0.25, 0.3) is 0 Å². The zero-order valence-corrected chi connectivity index (χ0v) is 12.4. The van der Waals surface area contributed by atoms with Crippen molar-refractivity contribution in [2.75, 3.05) is 7.05 Å². The Labute approximate surface area is 117 Å². The van der Waals surface area contributed by atoms with Crippen LogP contribution in [0.25, 0.3) is 4.96 Å². The second-order valence-electron chi connectivity index (χ2n) is 5.28. The van der Waals surface area contributed by atoms with Crippen molar-refractivity contribution < 1.29 is 0 Å².